The molecular weight excluding hydrogens is 232 g/mol. The quantitative estimate of drug-likeness (QED) is 0.734. The summed E-state index contributed by atoms with van der Waals surface area (Å²) in [5.41, 5.74) is 1.54. The number of fused-ring (bicyclic) bond motifs is 1. The maximum Gasteiger partial charge on any atom is 0.358 e. The number of aromatic carboxylic acids is 1. The highest BCUT2D eigenvalue weighted by Crippen LogP contribution is 2.15. The van der Waals surface area contributed by atoms with E-state index in [1.807, 2.05) is 30.3 Å². The summed E-state index contributed by atoms with van der Waals surface area (Å²) in [6, 6.07) is 9.32. The molecule has 2 heterocycles. The molecule has 18 heavy (non-hydrogen) atoms. The number of hydrogen-bond donors (Lipinski definition) is 1. The van der Waals surface area contributed by atoms with Crippen molar-refractivity contribution >= 4 is 16.9 Å². The molecule has 3 aromatic rings. The minimum atomic E-state index is -1.09. The molecule has 1 N–H and O–H groups in total. The van der Waals surface area contributed by atoms with E-state index in [-0.39, 0.29) is 5.69 Å². The highest BCUT2D eigenvalue weighted by Gasteiger charge is 2.09. The van der Waals surface area contributed by atoms with Crippen molar-refractivity contribution in [3.8, 4) is 5.69 Å². The summed E-state index contributed by atoms with van der Waals surface area (Å²) in [5.74, 6) is -1.09. The Morgan fingerprint density at radius 1 is 1.28 bits per heavy atom. The average molecular weight is 240 g/mol. The number of benzene rings is 1. The minimum Gasteiger partial charge on any atom is -0.476 e. The molecule has 0 spiro atoms. The van der Waals surface area contributed by atoms with Crippen molar-refractivity contribution in [3.63, 3.8) is 0 Å². The largest absolute Gasteiger partial charge is 0.476 e. The Bertz CT molecular complexity index is 736. The fourth-order valence-corrected chi connectivity index (χ4v) is 1.69. The summed E-state index contributed by atoms with van der Waals surface area (Å²) >= 11 is 0. The van der Waals surface area contributed by atoms with Crippen LogP contribution in [0.15, 0.2) is 42.7 Å². The van der Waals surface area contributed by atoms with Gasteiger partial charge in [-0.05, 0) is 24.3 Å². The van der Waals surface area contributed by atoms with Gasteiger partial charge in [0.15, 0.2) is 5.69 Å². The molecule has 0 aliphatic rings. The van der Waals surface area contributed by atoms with Crippen LogP contribution >= 0.6 is 0 Å². The SMILES string of the molecule is O=C(O)c1cn(-c2ccc3ncccc3c2)nn1. The summed E-state index contributed by atoms with van der Waals surface area (Å²) in [4.78, 5) is 14.9. The van der Waals surface area contributed by atoms with E-state index >= 15 is 0 Å². The number of hydrogen-bond acceptors (Lipinski definition) is 4. The Morgan fingerprint density at radius 2 is 2.17 bits per heavy atom. The lowest BCUT2D eigenvalue weighted by atomic mass is 10.2. The third-order valence-corrected chi connectivity index (χ3v) is 2.56. The Morgan fingerprint density at radius 3 is 2.94 bits per heavy atom. The zero-order valence-corrected chi connectivity index (χ0v) is 9.19. The lowest BCUT2D eigenvalue weighted by Gasteiger charge is -2.01. The second-order valence-electron chi connectivity index (χ2n) is 3.73. The predicted octanol–water partition coefficient (Wildman–Crippen LogP) is 1.51. The van der Waals surface area contributed by atoms with Crippen LogP contribution in [0.2, 0.25) is 0 Å². The monoisotopic (exact) mass is 240 g/mol. The van der Waals surface area contributed by atoms with Gasteiger partial charge < -0.3 is 5.11 Å². The molecule has 0 saturated carbocycles. The van der Waals surface area contributed by atoms with E-state index in [1.165, 1.54) is 10.9 Å². The van der Waals surface area contributed by atoms with Crippen LogP contribution in [-0.4, -0.2) is 31.1 Å². The van der Waals surface area contributed by atoms with Crippen molar-refractivity contribution in [2.24, 2.45) is 0 Å². The molecule has 6 heteroatoms. The van der Waals surface area contributed by atoms with Crippen LogP contribution in [0.1, 0.15) is 10.5 Å². The van der Waals surface area contributed by atoms with Crippen molar-refractivity contribution in [1.82, 2.24) is 20.0 Å². The first-order valence-corrected chi connectivity index (χ1v) is 5.25. The van der Waals surface area contributed by atoms with E-state index in [1.54, 1.807) is 6.20 Å². The molecule has 0 atom stereocenters. The van der Waals surface area contributed by atoms with Crippen LogP contribution in [0.4, 0.5) is 0 Å². The van der Waals surface area contributed by atoms with Gasteiger partial charge in [-0.2, -0.15) is 0 Å². The van der Waals surface area contributed by atoms with Crippen LogP contribution in [0.5, 0.6) is 0 Å². The molecule has 88 valence electrons. The van der Waals surface area contributed by atoms with Crippen LogP contribution in [0.25, 0.3) is 16.6 Å². The van der Waals surface area contributed by atoms with Gasteiger partial charge in [-0.3, -0.25) is 4.98 Å². The first-order chi connectivity index (χ1) is 8.74. The van der Waals surface area contributed by atoms with Gasteiger partial charge in [0.05, 0.1) is 17.4 Å². The summed E-state index contributed by atoms with van der Waals surface area (Å²) in [6.07, 6.45) is 3.10. The van der Waals surface area contributed by atoms with Crippen LogP contribution < -0.4 is 0 Å². The highest BCUT2D eigenvalue weighted by atomic mass is 16.4. The molecule has 3 rings (SSSR count). The van der Waals surface area contributed by atoms with E-state index in [0.29, 0.717) is 0 Å². The number of carboxylic acid groups (broad SMARTS) is 1. The molecule has 0 amide bonds. The van der Waals surface area contributed by atoms with Crippen molar-refractivity contribution in [2.75, 3.05) is 0 Å². The highest BCUT2D eigenvalue weighted by molar-refractivity contribution is 5.85. The van der Waals surface area contributed by atoms with Crippen molar-refractivity contribution < 1.29 is 9.90 Å². The molecule has 6 nitrogen and oxygen atoms in total. The maximum atomic E-state index is 10.7. The second kappa shape index (κ2) is 3.92. The van der Waals surface area contributed by atoms with Gasteiger partial charge in [0.2, 0.25) is 0 Å². The summed E-state index contributed by atoms with van der Waals surface area (Å²) < 4.78 is 1.43. The van der Waals surface area contributed by atoms with Gasteiger partial charge >= 0.3 is 5.97 Å². The van der Waals surface area contributed by atoms with Crippen molar-refractivity contribution in [3.05, 3.63) is 48.4 Å². The zero-order chi connectivity index (χ0) is 12.5. The molecule has 0 unspecified atom stereocenters. The normalized spacial score (nSPS) is 10.7. The van der Waals surface area contributed by atoms with Gasteiger partial charge in [0.25, 0.3) is 0 Å². The molecule has 0 radical (unpaired) electrons. The van der Waals surface area contributed by atoms with Gasteiger partial charge in [0, 0.05) is 11.6 Å². The van der Waals surface area contributed by atoms with E-state index in [0.717, 1.165) is 16.6 Å². The fraction of sp³-hybridized carbons (Fsp3) is 0. The zero-order valence-electron chi connectivity index (χ0n) is 9.19. The summed E-state index contributed by atoms with van der Waals surface area (Å²) in [7, 11) is 0. The molecule has 0 saturated heterocycles. The van der Waals surface area contributed by atoms with Crippen LogP contribution in [-0.2, 0) is 0 Å². The molecular formula is C12H8N4O2. The third kappa shape index (κ3) is 1.69. The number of pyridine rings is 1. The molecule has 2 aromatic heterocycles. The first kappa shape index (κ1) is 10.4. The Kier molecular flexibility index (Phi) is 2.26. The van der Waals surface area contributed by atoms with Gasteiger partial charge in [0.1, 0.15) is 0 Å². The number of nitrogens with zero attached hydrogens (tertiary/aromatic N) is 4. The van der Waals surface area contributed by atoms with E-state index in [9.17, 15) is 4.79 Å². The number of carboxylic acids is 1. The lowest BCUT2D eigenvalue weighted by molar-refractivity contribution is 0.0690. The van der Waals surface area contributed by atoms with Gasteiger partial charge in [-0.15, -0.1) is 5.10 Å². The Balaban J connectivity index is 2.10. The number of aromatic nitrogens is 4. The third-order valence-electron chi connectivity index (χ3n) is 2.56. The molecule has 0 fully saturated rings. The van der Waals surface area contributed by atoms with Crippen LogP contribution in [0.3, 0.4) is 0 Å². The predicted molar refractivity (Wildman–Crippen MR) is 63.6 cm³/mol. The minimum absolute atomic E-state index is 0.0821. The van der Waals surface area contributed by atoms with E-state index in [4.69, 9.17) is 5.11 Å². The molecule has 1 aromatic carbocycles. The Hall–Kier alpha value is -2.76. The molecule has 0 bridgehead atoms. The van der Waals surface area contributed by atoms with Crippen LogP contribution in [0, 0.1) is 0 Å². The Labute approximate surface area is 102 Å². The van der Waals surface area contributed by atoms with Crippen molar-refractivity contribution in [2.45, 2.75) is 0 Å². The van der Waals surface area contributed by atoms with E-state index in [2.05, 4.69) is 15.3 Å². The fourth-order valence-electron chi connectivity index (χ4n) is 1.69. The summed E-state index contributed by atoms with van der Waals surface area (Å²) in [5, 5.41) is 17.1. The van der Waals surface area contributed by atoms with Gasteiger partial charge in [-0.1, -0.05) is 11.3 Å². The average Bonchev–Trinajstić information content (AvgIpc) is 2.88. The smallest absolute Gasteiger partial charge is 0.358 e. The topological polar surface area (TPSA) is 80.9 Å². The number of carbonyl (C=O) groups is 1. The molecule has 0 aliphatic carbocycles. The van der Waals surface area contributed by atoms with Crippen molar-refractivity contribution in [1.29, 1.82) is 0 Å². The maximum absolute atomic E-state index is 10.7. The number of rotatable bonds is 2. The van der Waals surface area contributed by atoms with E-state index < -0.39 is 5.97 Å². The first-order valence-electron chi connectivity index (χ1n) is 5.25. The lowest BCUT2D eigenvalue weighted by Crippen LogP contribution is -1.96. The summed E-state index contributed by atoms with van der Waals surface area (Å²) in [6.45, 7) is 0. The standard InChI is InChI=1S/C12H8N4O2/c17-12(18)11-7-16(15-14-11)9-3-4-10-8(6-9)2-1-5-13-10/h1-7H,(H,17,18). The van der Waals surface area contributed by atoms with Gasteiger partial charge in [-0.25, -0.2) is 9.48 Å². The second-order valence-corrected chi connectivity index (χ2v) is 3.73. The molecule has 0 aliphatic heterocycles.